The van der Waals surface area contributed by atoms with Gasteiger partial charge in [-0.2, -0.15) is 0 Å². The fraction of sp³-hybridized carbons (Fsp3) is 0.462. The molecule has 0 spiro atoms. The minimum Gasteiger partial charge on any atom is -0.379 e. The molecule has 1 fully saturated rings. The number of aromatic nitrogens is 2. The van der Waals surface area contributed by atoms with Gasteiger partial charge in [-0.15, -0.1) is 0 Å². The molecule has 0 bridgehead atoms. The van der Waals surface area contributed by atoms with Crippen LogP contribution in [-0.2, 0) is 10.3 Å². The fourth-order valence-corrected chi connectivity index (χ4v) is 2.96. The maximum Gasteiger partial charge on any atom is 0.201 e. The van der Waals surface area contributed by atoms with Gasteiger partial charge in [-0.3, -0.25) is 0 Å². The lowest BCUT2D eigenvalue weighted by molar-refractivity contribution is 0.0124. The lowest BCUT2D eigenvalue weighted by Gasteiger charge is -2.35. The fourth-order valence-electron chi connectivity index (χ4n) is 2.75. The van der Waals surface area contributed by atoms with Gasteiger partial charge in [0.25, 0.3) is 0 Å². The van der Waals surface area contributed by atoms with Crippen LogP contribution in [0.5, 0.6) is 0 Å². The molecule has 18 heavy (non-hydrogen) atoms. The van der Waals surface area contributed by atoms with Gasteiger partial charge in [0.2, 0.25) is 5.95 Å². The molecule has 0 amide bonds. The van der Waals surface area contributed by atoms with Gasteiger partial charge in [-0.05, 0) is 31.9 Å². The number of ether oxygens (including phenoxy) is 1. The maximum absolute atomic E-state index is 6.16. The summed E-state index contributed by atoms with van der Waals surface area (Å²) in [5.41, 5.74) is 7.69. The summed E-state index contributed by atoms with van der Waals surface area (Å²) >= 11 is 6.16. The predicted octanol–water partition coefficient (Wildman–Crippen LogP) is 2.80. The monoisotopic (exact) mass is 265 g/mol. The Morgan fingerprint density at radius 2 is 2.33 bits per heavy atom. The molecular formula is C13H16ClN3O. The van der Waals surface area contributed by atoms with Gasteiger partial charge < -0.3 is 15.0 Å². The van der Waals surface area contributed by atoms with Crippen LogP contribution in [0.4, 0.5) is 5.95 Å². The van der Waals surface area contributed by atoms with Crippen LogP contribution >= 0.6 is 11.6 Å². The normalized spacial score (nSPS) is 24.6. The van der Waals surface area contributed by atoms with Gasteiger partial charge in [-0.1, -0.05) is 17.7 Å². The lowest BCUT2D eigenvalue weighted by Crippen LogP contribution is -2.39. The van der Waals surface area contributed by atoms with Crippen LogP contribution < -0.4 is 5.73 Å². The predicted molar refractivity (Wildman–Crippen MR) is 72.9 cm³/mol. The summed E-state index contributed by atoms with van der Waals surface area (Å²) in [4.78, 5) is 4.39. The first-order chi connectivity index (χ1) is 8.62. The third-order valence-electron chi connectivity index (χ3n) is 3.62. The van der Waals surface area contributed by atoms with Crippen LogP contribution in [0, 0.1) is 0 Å². The Morgan fingerprint density at radius 3 is 3.06 bits per heavy atom. The molecule has 0 radical (unpaired) electrons. The van der Waals surface area contributed by atoms with E-state index < -0.39 is 0 Å². The minimum absolute atomic E-state index is 0.137. The Morgan fingerprint density at radius 1 is 1.50 bits per heavy atom. The smallest absolute Gasteiger partial charge is 0.201 e. The summed E-state index contributed by atoms with van der Waals surface area (Å²) in [6.07, 6.45) is 2.07. The van der Waals surface area contributed by atoms with Crippen LogP contribution in [0.1, 0.15) is 19.8 Å². The van der Waals surface area contributed by atoms with E-state index in [-0.39, 0.29) is 5.54 Å². The largest absolute Gasteiger partial charge is 0.379 e. The van der Waals surface area contributed by atoms with Crippen LogP contribution in [0.2, 0.25) is 5.02 Å². The van der Waals surface area contributed by atoms with E-state index >= 15 is 0 Å². The lowest BCUT2D eigenvalue weighted by atomic mass is 9.94. The first-order valence-corrected chi connectivity index (χ1v) is 6.50. The molecule has 1 aliphatic heterocycles. The number of nitrogen functional groups attached to an aromatic ring is 1. The van der Waals surface area contributed by atoms with Crippen molar-refractivity contribution in [3.63, 3.8) is 0 Å². The van der Waals surface area contributed by atoms with Crippen molar-refractivity contribution in [3.8, 4) is 0 Å². The number of imidazole rings is 1. The van der Waals surface area contributed by atoms with E-state index in [2.05, 4.69) is 16.5 Å². The molecule has 5 heteroatoms. The zero-order valence-corrected chi connectivity index (χ0v) is 11.1. The molecule has 1 atom stereocenters. The molecule has 2 N–H and O–H groups in total. The van der Waals surface area contributed by atoms with E-state index in [1.165, 1.54) is 0 Å². The van der Waals surface area contributed by atoms with Gasteiger partial charge in [-0.25, -0.2) is 4.98 Å². The van der Waals surface area contributed by atoms with E-state index in [0.717, 1.165) is 30.5 Å². The van der Waals surface area contributed by atoms with Crippen LogP contribution in [0.25, 0.3) is 11.0 Å². The van der Waals surface area contributed by atoms with Crippen molar-refractivity contribution in [1.29, 1.82) is 0 Å². The Bertz CT molecular complexity index is 587. The van der Waals surface area contributed by atoms with Crippen LogP contribution in [0.3, 0.4) is 0 Å². The van der Waals surface area contributed by atoms with Gasteiger partial charge in [0.15, 0.2) is 0 Å². The molecule has 1 aromatic carbocycles. The summed E-state index contributed by atoms with van der Waals surface area (Å²) in [5, 5.41) is 0.637. The molecule has 1 aliphatic rings. The van der Waals surface area contributed by atoms with Gasteiger partial charge >= 0.3 is 0 Å². The second-order valence-electron chi connectivity index (χ2n) is 5.07. The molecule has 0 saturated carbocycles. The van der Waals surface area contributed by atoms with Crippen molar-refractivity contribution >= 4 is 28.6 Å². The highest BCUT2D eigenvalue weighted by molar-refractivity contribution is 6.35. The zero-order valence-electron chi connectivity index (χ0n) is 10.3. The van der Waals surface area contributed by atoms with E-state index in [1.54, 1.807) is 0 Å². The molecule has 2 heterocycles. The van der Waals surface area contributed by atoms with Gasteiger partial charge in [0, 0.05) is 6.61 Å². The molecular weight excluding hydrogens is 250 g/mol. The average Bonchev–Trinajstić information content (AvgIpc) is 2.68. The van der Waals surface area contributed by atoms with Crippen molar-refractivity contribution in [2.75, 3.05) is 18.9 Å². The summed E-state index contributed by atoms with van der Waals surface area (Å²) in [5.74, 6) is 0.506. The maximum atomic E-state index is 6.16. The number of halogens is 1. The second-order valence-corrected chi connectivity index (χ2v) is 5.47. The molecule has 0 aliphatic carbocycles. The molecule has 1 aromatic heterocycles. The summed E-state index contributed by atoms with van der Waals surface area (Å²) in [6, 6.07) is 5.76. The van der Waals surface area contributed by atoms with Crippen molar-refractivity contribution in [2.45, 2.75) is 25.3 Å². The Kier molecular flexibility index (Phi) is 2.72. The highest BCUT2D eigenvalue weighted by Crippen LogP contribution is 2.35. The highest BCUT2D eigenvalue weighted by atomic mass is 35.5. The van der Waals surface area contributed by atoms with Gasteiger partial charge in [0.05, 0.1) is 22.7 Å². The molecule has 1 saturated heterocycles. The standard InChI is InChI=1S/C13H16ClN3O/c1-13(6-3-7-18-8-13)17-10-5-2-4-9(14)11(10)16-12(17)15/h2,4-5H,3,6-8H2,1H3,(H2,15,16). The van der Waals surface area contributed by atoms with Crippen LogP contribution in [0.15, 0.2) is 18.2 Å². The Labute approximate surface area is 111 Å². The topological polar surface area (TPSA) is 53.1 Å². The van der Waals surface area contributed by atoms with Gasteiger partial charge in [0.1, 0.15) is 5.52 Å². The molecule has 2 aromatic rings. The zero-order chi connectivity index (χ0) is 12.8. The number of rotatable bonds is 1. The van der Waals surface area contributed by atoms with Crippen LogP contribution in [-0.4, -0.2) is 22.8 Å². The first-order valence-electron chi connectivity index (χ1n) is 6.12. The molecule has 96 valence electrons. The number of benzene rings is 1. The van der Waals surface area contributed by atoms with Crippen molar-refractivity contribution < 1.29 is 4.74 Å². The average molecular weight is 266 g/mol. The third-order valence-corrected chi connectivity index (χ3v) is 3.92. The molecule has 4 nitrogen and oxygen atoms in total. The number of para-hydroxylation sites is 1. The number of nitrogens with two attached hydrogens (primary N) is 1. The Hall–Kier alpha value is -1.26. The SMILES string of the molecule is CC1(n2c(N)nc3c(Cl)cccc32)CCCOC1. The number of hydrogen-bond acceptors (Lipinski definition) is 3. The molecule has 1 unspecified atom stereocenters. The second kappa shape index (κ2) is 4.14. The summed E-state index contributed by atoms with van der Waals surface area (Å²) < 4.78 is 7.67. The molecule has 3 rings (SSSR count). The number of fused-ring (bicyclic) bond motifs is 1. The van der Waals surface area contributed by atoms with E-state index in [0.29, 0.717) is 17.6 Å². The minimum atomic E-state index is -0.137. The first kappa shape index (κ1) is 11.8. The Balaban J connectivity index is 2.22. The van der Waals surface area contributed by atoms with E-state index in [4.69, 9.17) is 22.1 Å². The van der Waals surface area contributed by atoms with E-state index in [1.807, 2.05) is 18.2 Å². The number of hydrogen-bond donors (Lipinski definition) is 1. The van der Waals surface area contributed by atoms with Crippen molar-refractivity contribution in [1.82, 2.24) is 9.55 Å². The summed E-state index contributed by atoms with van der Waals surface area (Å²) in [7, 11) is 0. The number of nitrogens with zero attached hydrogens (tertiary/aromatic N) is 2. The summed E-state index contributed by atoms with van der Waals surface area (Å²) in [6.45, 7) is 3.64. The van der Waals surface area contributed by atoms with E-state index in [9.17, 15) is 0 Å². The quantitative estimate of drug-likeness (QED) is 0.863. The van der Waals surface area contributed by atoms with Crippen molar-refractivity contribution in [2.24, 2.45) is 0 Å². The number of anilines is 1. The highest BCUT2D eigenvalue weighted by Gasteiger charge is 2.33. The third kappa shape index (κ3) is 1.68. The van der Waals surface area contributed by atoms with Crippen molar-refractivity contribution in [3.05, 3.63) is 23.2 Å².